The number of anilines is 1. The second kappa shape index (κ2) is 6.25. The Labute approximate surface area is 139 Å². The molecule has 0 radical (unpaired) electrons. The number of aryl methyl sites for hydroxylation is 1. The van der Waals surface area contributed by atoms with Gasteiger partial charge in [-0.25, -0.2) is 0 Å². The van der Waals surface area contributed by atoms with Gasteiger partial charge in [-0.3, -0.25) is 4.90 Å². The molecule has 23 heavy (non-hydrogen) atoms. The summed E-state index contributed by atoms with van der Waals surface area (Å²) in [5.74, 6) is 0.910. The van der Waals surface area contributed by atoms with Crippen molar-refractivity contribution in [2.24, 2.45) is 0 Å². The molecule has 0 spiro atoms. The summed E-state index contributed by atoms with van der Waals surface area (Å²) in [4.78, 5) is 6.34. The van der Waals surface area contributed by atoms with Gasteiger partial charge in [0.2, 0.25) is 0 Å². The van der Waals surface area contributed by atoms with Crippen molar-refractivity contribution < 1.29 is 0 Å². The van der Waals surface area contributed by atoms with Gasteiger partial charge in [0.05, 0.1) is 11.9 Å². The van der Waals surface area contributed by atoms with Crippen molar-refractivity contribution in [3.05, 3.63) is 40.5 Å². The Balaban J connectivity index is 1.43. The lowest BCUT2D eigenvalue weighted by Crippen LogP contribution is -2.45. The Hall–Kier alpha value is -1.99. The molecule has 1 saturated heterocycles. The molecule has 6 nitrogen and oxygen atoms in total. The standard InChI is InChI=1S/C16H20N6S/c1-2-15-18-19-16-10-13(11-17-22(15)16)21-7-5-20(6-8-21)12-14-4-3-9-23-14/h3-4,9-11H,2,5-8,12H2,1H3. The minimum atomic E-state index is 0.834. The van der Waals surface area contributed by atoms with Crippen LogP contribution in [0.2, 0.25) is 0 Å². The SMILES string of the molecule is CCc1nnc2cc(N3CCN(Cc4cccs4)CC3)cnn12. The highest BCUT2D eigenvalue weighted by atomic mass is 32.1. The lowest BCUT2D eigenvalue weighted by atomic mass is 10.2. The van der Waals surface area contributed by atoms with Gasteiger partial charge in [-0.05, 0) is 11.4 Å². The molecular formula is C16H20N6S. The predicted molar refractivity (Wildman–Crippen MR) is 92.0 cm³/mol. The first-order valence-corrected chi connectivity index (χ1v) is 8.91. The van der Waals surface area contributed by atoms with Gasteiger partial charge in [-0.15, -0.1) is 21.5 Å². The fourth-order valence-electron chi connectivity index (χ4n) is 3.01. The van der Waals surface area contributed by atoms with E-state index in [4.69, 9.17) is 0 Å². The normalized spacial score (nSPS) is 16.3. The Morgan fingerprint density at radius 1 is 1.17 bits per heavy atom. The first-order chi connectivity index (χ1) is 11.3. The summed E-state index contributed by atoms with van der Waals surface area (Å²) in [5.41, 5.74) is 1.98. The Morgan fingerprint density at radius 3 is 2.78 bits per heavy atom. The second-order valence-corrected chi connectivity index (χ2v) is 6.83. The van der Waals surface area contributed by atoms with Crippen LogP contribution in [0.5, 0.6) is 0 Å². The van der Waals surface area contributed by atoms with Crippen molar-refractivity contribution in [1.29, 1.82) is 0 Å². The van der Waals surface area contributed by atoms with E-state index >= 15 is 0 Å². The van der Waals surface area contributed by atoms with Crippen molar-refractivity contribution >= 4 is 22.7 Å². The molecule has 0 aliphatic carbocycles. The quantitative estimate of drug-likeness (QED) is 0.734. The molecule has 4 heterocycles. The van der Waals surface area contributed by atoms with E-state index in [1.807, 2.05) is 22.0 Å². The topological polar surface area (TPSA) is 49.6 Å². The van der Waals surface area contributed by atoms with E-state index in [9.17, 15) is 0 Å². The van der Waals surface area contributed by atoms with Crippen molar-refractivity contribution in [1.82, 2.24) is 24.7 Å². The minimum absolute atomic E-state index is 0.834. The van der Waals surface area contributed by atoms with Crippen LogP contribution in [0.1, 0.15) is 17.6 Å². The van der Waals surface area contributed by atoms with Gasteiger partial charge < -0.3 is 4.90 Å². The number of piperazine rings is 1. The molecular weight excluding hydrogens is 308 g/mol. The smallest absolute Gasteiger partial charge is 0.179 e. The summed E-state index contributed by atoms with van der Waals surface area (Å²) < 4.78 is 1.83. The van der Waals surface area contributed by atoms with Crippen LogP contribution < -0.4 is 4.90 Å². The molecule has 1 fully saturated rings. The number of hydrogen-bond donors (Lipinski definition) is 0. The van der Waals surface area contributed by atoms with Crippen molar-refractivity contribution in [2.75, 3.05) is 31.1 Å². The third kappa shape index (κ3) is 2.94. The van der Waals surface area contributed by atoms with Gasteiger partial charge in [0.15, 0.2) is 11.5 Å². The lowest BCUT2D eigenvalue weighted by molar-refractivity contribution is 0.252. The summed E-state index contributed by atoms with van der Waals surface area (Å²) in [5, 5.41) is 15.1. The predicted octanol–water partition coefficient (Wildman–Crippen LogP) is 2.07. The van der Waals surface area contributed by atoms with Crippen molar-refractivity contribution in [3.63, 3.8) is 0 Å². The third-order valence-corrected chi connectivity index (χ3v) is 5.19. The van der Waals surface area contributed by atoms with Gasteiger partial charge in [-0.1, -0.05) is 13.0 Å². The third-order valence-electron chi connectivity index (χ3n) is 4.33. The highest BCUT2D eigenvalue weighted by Gasteiger charge is 2.18. The van der Waals surface area contributed by atoms with Gasteiger partial charge in [0.25, 0.3) is 0 Å². The van der Waals surface area contributed by atoms with Crippen LogP contribution >= 0.6 is 11.3 Å². The maximum atomic E-state index is 4.51. The van der Waals surface area contributed by atoms with Crippen LogP contribution in [-0.2, 0) is 13.0 Å². The zero-order valence-electron chi connectivity index (χ0n) is 13.2. The summed E-state index contributed by atoms with van der Waals surface area (Å²) in [6.07, 6.45) is 2.78. The summed E-state index contributed by atoms with van der Waals surface area (Å²) in [6.45, 7) is 7.34. The first-order valence-electron chi connectivity index (χ1n) is 8.03. The van der Waals surface area contributed by atoms with Crippen LogP contribution in [0.25, 0.3) is 5.65 Å². The molecule has 0 unspecified atom stereocenters. The fourth-order valence-corrected chi connectivity index (χ4v) is 3.75. The van der Waals surface area contributed by atoms with Crippen molar-refractivity contribution in [2.45, 2.75) is 19.9 Å². The highest BCUT2D eigenvalue weighted by molar-refractivity contribution is 7.09. The second-order valence-electron chi connectivity index (χ2n) is 5.80. The van der Waals surface area contributed by atoms with E-state index in [1.165, 1.54) is 4.88 Å². The Kier molecular flexibility index (Phi) is 3.97. The number of thiophene rings is 1. The molecule has 4 rings (SSSR count). The molecule has 7 heteroatoms. The molecule has 0 aromatic carbocycles. The number of hydrogen-bond acceptors (Lipinski definition) is 6. The van der Waals surface area contributed by atoms with Gasteiger partial charge in [-0.2, -0.15) is 9.61 Å². The van der Waals surface area contributed by atoms with E-state index in [0.717, 1.165) is 56.3 Å². The molecule has 0 N–H and O–H groups in total. The zero-order valence-corrected chi connectivity index (χ0v) is 14.0. The molecule has 0 amide bonds. The molecule has 1 aliphatic heterocycles. The number of fused-ring (bicyclic) bond motifs is 1. The van der Waals surface area contributed by atoms with E-state index in [0.29, 0.717) is 0 Å². The maximum absolute atomic E-state index is 4.51. The molecule has 0 saturated carbocycles. The average molecular weight is 328 g/mol. The van der Waals surface area contributed by atoms with Gasteiger partial charge in [0, 0.05) is 50.1 Å². The summed E-state index contributed by atoms with van der Waals surface area (Å²) >= 11 is 1.84. The lowest BCUT2D eigenvalue weighted by Gasteiger charge is -2.35. The molecule has 120 valence electrons. The zero-order chi connectivity index (χ0) is 15.6. The molecule has 0 bridgehead atoms. The van der Waals surface area contributed by atoms with Gasteiger partial charge in [0.1, 0.15) is 0 Å². The highest BCUT2D eigenvalue weighted by Crippen LogP contribution is 2.19. The molecule has 3 aromatic rings. The van der Waals surface area contributed by atoms with E-state index in [2.05, 4.69) is 55.6 Å². The molecule has 1 aliphatic rings. The van der Waals surface area contributed by atoms with Crippen LogP contribution in [-0.4, -0.2) is 50.9 Å². The van der Waals surface area contributed by atoms with E-state index in [-0.39, 0.29) is 0 Å². The largest absolute Gasteiger partial charge is 0.368 e. The fraction of sp³-hybridized carbons (Fsp3) is 0.438. The average Bonchev–Trinajstić information content (AvgIpc) is 3.24. The Bertz CT molecular complexity index is 773. The number of nitrogens with zero attached hydrogens (tertiary/aromatic N) is 6. The monoisotopic (exact) mass is 328 g/mol. The Morgan fingerprint density at radius 2 is 2.04 bits per heavy atom. The first kappa shape index (κ1) is 14.6. The number of aromatic nitrogens is 4. The maximum Gasteiger partial charge on any atom is 0.179 e. The van der Waals surface area contributed by atoms with Crippen LogP contribution in [0.3, 0.4) is 0 Å². The van der Waals surface area contributed by atoms with Crippen LogP contribution in [0, 0.1) is 0 Å². The molecule has 3 aromatic heterocycles. The molecule has 0 atom stereocenters. The minimum Gasteiger partial charge on any atom is -0.368 e. The van der Waals surface area contributed by atoms with E-state index < -0.39 is 0 Å². The van der Waals surface area contributed by atoms with Crippen molar-refractivity contribution in [3.8, 4) is 0 Å². The number of rotatable bonds is 4. The van der Waals surface area contributed by atoms with Crippen LogP contribution in [0.15, 0.2) is 29.8 Å². The van der Waals surface area contributed by atoms with Gasteiger partial charge >= 0.3 is 0 Å². The van der Waals surface area contributed by atoms with E-state index in [1.54, 1.807) is 0 Å². The summed E-state index contributed by atoms with van der Waals surface area (Å²) in [7, 11) is 0. The van der Waals surface area contributed by atoms with Crippen LogP contribution in [0.4, 0.5) is 5.69 Å². The summed E-state index contributed by atoms with van der Waals surface area (Å²) in [6, 6.07) is 6.43.